The van der Waals surface area contributed by atoms with Gasteiger partial charge >= 0.3 is 0 Å². The van der Waals surface area contributed by atoms with Crippen molar-refractivity contribution in [1.82, 2.24) is 24.6 Å². The Hall–Kier alpha value is -3.55. The van der Waals surface area contributed by atoms with Crippen LogP contribution in [0.25, 0.3) is 23.0 Å². The number of piperidine rings is 1. The Bertz CT molecular complexity index is 1060. The van der Waals surface area contributed by atoms with E-state index in [0.717, 1.165) is 30.9 Å². The molecule has 4 aromatic rings. The highest BCUT2D eigenvalue weighted by Crippen LogP contribution is 2.31. The summed E-state index contributed by atoms with van der Waals surface area (Å²) in [7, 11) is 0. The maximum absolute atomic E-state index is 12.6. The summed E-state index contributed by atoms with van der Waals surface area (Å²) >= 11 is 0. The molecular weight excluding hydrogens is 358 g/mol. The Kier molecular flexibility index (Phi) is 4.08. The number of aromatic nitrogens is 4. The molecule has 1 aliphatic heterocycles. The third-order valence-corrected chi connectivity index (χ3v) is 5.07. The molecule has 28 heavy (non-hydrogen) atoms. The third kappa shape index (κ3) is 2.92. The molecule has 0 bridgehead atoms. The smallest absolute Gasteiger partial charge is 0.289 e. The van der Waals surface area contributed by atoms with Crippen LogP contribution in [0.1, 0.15) is 29.4 Å². The Balaban J connectivity index is 1.39. The number of amides is 1. The zero-order valence-corrected chi connectivity index (χ0v) is 15.1. The van der Waals surface area contributed by atoms with E-state index in [1.165, 1.54) is 6.26 Å². The van der Waals surface area contributed by atoms with Crippen molar-refractivity contribution in [3.63, 3.8) is 0 Å². The van der Waals surface area contributed by atoms with E-state index in [4.69, 9.17) is 8.83 Å². The van der Waals surface area contributed by atoms with Crippen LogP contribution in [0.15, 0.2) is 64.0 Å². The Morgan fingerprint density at radius 2 is 2.11 bits per heavy atom. The van der Waals surface area contributed by atoms with Crippen LogP contribution in [-0.4, -0.2) is 43.6 Å². The maximum atomic E-state index is 12.6. The summed E-state index contributed by atoms with van der Waals surface area (Å²) in [6.45, 7) is 1.34. The van der Waals surface area contributed by atoms with E-state index in [1.807, 2.05) is 29.3 Å². The van der Waals surface area contributed by atoms with E-state index in [1.54, 1.807) is 24.5 Å². The first-order chi connectivity index (χ1) is 13.8. The minimum Gasteiger partial charge on any atom is -0.459 e. The fraction of sp³-hybridized carbons (Fsp3) is 0.250. The Morgan fingerprint density at radius 1 is 1.18 bits per heavy atom. The molecule has 0 unspecified atom stereocenters. The van der Waals surface area contributed by atoms with Crippen LogP contribution in [0.2, 0.25) is 0 Å². The van der Waals surface area contributed by atoms with Crippen LogP contribution in [0.4, 0.5) is 0 Å². The van der Waals surface area contributed by atoms with Crippen LogP contribution in [0.5, 0.6) is 0 Å². The zero-order chi connectivity index (χ0) is 18.9. The van der Waals surface area contributed by atoms with Gasteiger partial charge in [0.15, 0.2) is 23.1 Å². The normalized spacial score (nSPS) is 17.1. The molecule has 142 valence electrons. The first-order valence-corrected chi connectivity index (χ1v) is 9.25. The lowest BCUT2D eigenvalue weighted by Gasteiger charge is -2.33. The van der Waals surface area contributed by atoms with Gasteiger partial charge in [-0.2, -0.15) is 5.10 Å². The summed E-state index contributed by atoms with van der Waals surface area (Å²) in [6.07, 6.45) is 8.81. The molecule has 1 N–H and O–H groups in total. The molecule has 4 aromatic heterocycles. The number of carbonyl (C=O) groups is 1. The van der Waals surface area contributed by atoms with Gasteiger partial charge in [0.05, 0.1) is 12.3 Å². The summed E-state index contributed by atoms with van der Waals surface area (Å²) in [6, 6.07) is 9.23. The molecule has 0 aromatic carbocycles. The number of aromatic amines is 1. The van der Waals surface area contributed by atoms with Gasteiger partial charge in [0.25, 0.3) is 5.91 Å². The summed E-state index contributed by atoms with van der Waals surface area (Å²) in [4.78, 5) is 19.0. The minimum absolute atomic E-state index is 0.0732. The lowest BCUT2D eigenvalue weighted by molar-refractivity contribution is 0.0648. The number of carbonyl (C=O) groups excluding carboxylic acids is 1. The van der Waals surface area contributed by atoms with Crippen LogP contribution in [0.3, 0.4) is 0 Å². The lowest BCUT2D eigenvalue weighted by Crippen LogP contribution is -2.40. The largest absolute Gasteiger partial charge is 0.459 e. The number of nitrogens with one attached hydrogen (secondary N) is 1. The molecule has 8 nitrogen and oxygen atoms in total. The van der Waals surface area contributed by atoms with E-state index in [9.17, 15) is 4.79 Å². The fourth-order valence-corrected chi connectivity index (χ4v) is 3.72. The highest BCUT2D eigenvalue weighted by atomic mass is 16.3. The van der Waals surface area contributed by atoms with Crippen LogP contribution in [-0.2, 0) is 0 Å². The van der Waals surface area contributed by atoms with E-state index in [0.29, 0.717) is 23.8 Å². The molecule has 1 atom stereocenters. The number of nitrogens with zero attached hydrogens (tertiary/aromatic N) is 4. The summed E-state index contributed by atoms with van der Waals surface area (Å²) < 4.78 is 13.4. The molecule has 8 heteroatoms. The second kappa shape index (κ2) is 6.88. The first kappa shape index (κ1) is 16.6. The van der Waals surface area contributed by atoms with Gasteiger partial charge in [-0.25, -0.2) is 4.98 Å². The van der Waals surface area contributed by atoms with Crippen molar-refractivity contribution in [2.75, 3.05) is 13.1 Å². The standard InChI is InChI=1S/C20H19N5O3/c26-20(18-4-2-12-27-18)24-10-1-3-14(13-24)25-11-9-21-19(25)17-6-5-16(28-17)15-7-8-22-23-15/h2,4-9,11-12,14H,1,3,10,13H2,(H,22,23)/t14-/m0/s1. The van der Waals surface area contributed by atoms with Crippen molar-refractivity contribution in [2.24, 2.45) is 0 Å². The molecule has 5 heterocycles. The van der Waals surface area contributed by atoms with E-state index < -0.39 is 0 Å². The molecule has 0 spiro atoms. The molecule has 5 rings (SSSR count). The molecule has 0 aliphatic carbocycles. The van der Waals surface area contributed by atoms with Crippen LogP contribution < -0.4 is 0 Å². The number of imidazole rings is 1. The van der Waals surface area contributed by atoms with Gasteiger partial charge < -0.3 is 18.3 Å². The van der Waals surface area contributed by atoms with Crippen molar-refractivity contribution < 1.29 is 13.6 Å². The summed E-state index contributed by atoms with van der Waals surface area (Å²) in [5.41, 5.74) is 0.817. The van der Waals surface area contributed by atoms with E-state index >= 15 is 0 Å². The van der Waals surface area contributed by atoms with Gasteiger partial charge in [0, 0.05) is 31.7 Å². The number of furan rings is 2. The predicted molar refractivity (Wildman–Crippen MR) is 100 cm³/mol. The number of hydrogen-bond donors (Lipinski definition) is 1. The maximum Gasteiger partial charge on any atom is 0.289 e. The van der Waals surface area contributed by atoms with Gasteiger partial charge in [-0.1, -0.05) is 0 Å². The van der Waals surface area contributed by atoms with Gasteiger partial charge in [-0.05, 0) is 43.2 Å². The summed E-state index contributed by atoms with van der Waals surface area (Å²) in [5, 5.41) is 6.85. The molecule has 1 fully saturated rings. The number of likely N-dealkylation sites (tertiary alicyclic amines) is 1. The molecule has 0 saturated carbocycles. The highest BCUT2D eigenvalue weighted by Gasteiger charge is 2.28. The average Bonchev–Trinajstić information content (AvgIpc) is 3.52. The second-order valence-electron chi connectivity index (χ2n) is 6.82. The van der Waals surface area contributed by atoms with Crippen molar-refractivity contribution >= 4 is 5.91 Å². The van der Waals surface area contributed by atoms with E-state index in [-0.39, 0.29) is 11.9 Å². The third-order valence-electron chi connectivity index (χ3n) is 5.07. The van der Waals surface area contributed by atoms with Crippen molar-refractivity contribution in [2.45, 2.75) is 18.9 Å². The minimum atomic E-state index is -0.0732. The number of H-pyrrole nitrogens is 1. The Morgan fingerprint density at radius 3 is 2.93 bits per heavy atom. The number of hydrogen-bond acceptors (Lipinski definition) is 5. The van der Waals surface area contributed by atoms with Crippen molar-refractivity contribution in [1.29, 1.82) is 0 Å². The van der Waals surface area contributed by atoms with E-state index in [2.05, 4.69) is 19.7 Å². The van der Waals surface area contributed by atoms with Crippen LogP contribution >= 0.6 is 0 Å². The lowest BCUT2D eigenvalue weighted by atomic mass is 10.0. The topological polar surface area (TPSA) is 93.1 Å². The highest BCUT2D eigenvalue weighted by molar-refractivity contribution is 5.91. The predicted octanol–water partition coefficient (Wildman–Crippen LogP) is 3.60. The van der Waals surface area contributed by atoms with Gasteiger partial charge in [-0.15, -0.1) is 0 Å². The molecule has 1 amide bonds. The van der Waals surface area contributed by atoms with Crippen molar-refractivity contribution in [3.8, 4) is 23.0 Å². The molecule has 1 saturated heterocycles. The molecule has 1 aliphatic rings. The van der Waals surface area contributed by atoms with Gasteiger partial charge in [0.1, 0.15) is 5.69 Å². The zero-order valence-electron chi connectivity index (χ0n) is 15.1. The number of rotatable bonds is 4. The Labute approximate surface area is 160 Å². The van der Waals surface area contributed by atoms with Gasteiger partial charge in [-0.3, -0.25) is 9.89 Å². The fourth-order valence-electron chi connectivity index (χ4n) is 3.72. The summed E-state index contributed by atoms with van der Waals surface area (Å²) in [5.74, 6) is 2.45. The molecular formula is C20H19N5O3. The van der Waals surface area contributed by atoms with Gasteiger partial charge in [0.2, 0.25) is 0 Å². The van der Waals surface area contributed by atoms with Crippen molar-refractivity contribution in [3.05, 3.63) is 60.9 Å². The average molecular weight is 377 g/mol. The monoisotopic (exact) mass is 377 g/mol. The SMILES string of the molecule is O=C(c1ccco1)N1CCC[C@H](n2ccnc2-c2ccc(-c3ccn[nH]3)o2)C1. The van der Waals surface area contributed by atoms with Crippen LogP contribution in [0, 0.1) is 0 Å². The first-order valence-electron chi connectivity index (χ1n) is 9.25. The molecule has 0 radical (unpaired) electrons. The quantitative estimate of drug-likeness (QED) is 0.586. The second-order valence-corrected chi connectivity index (χ2v) is 6.82.